The van der Waals surface area contributed by atoms with Gasteiger partial charge in [-0.2, -0.15) is 4.52 Å². The van der Waals surface area contributed by atoms with Crippen LogP contribution in [0.4, 0.5) is 16.6 Å². The van der Waals surface area contributed by atoms with Gasteiger partial charge in [-0.15, -0.1) is 5.10 Å². The molecule has 0 spiro atoms. The molecule has 5 rings (SSSR count). The second-order valence-electron chi connectivity index (χ2n) is 9.64. The molecule has 0 bridgehead atoms. The summed E-state index contributed by atoms with van der Waals surface area (Å²) in [6, 6.07) is 9.20. The van der Waals surface area contributed by atoms with Crippen LogP contribution in [0.3, 0.4) is 0 Å². The van der Waals surface area contributed by atoms with Crippen molar-refractivity contribution in [1.82, 2.24) is 19.5 Å². The molecule has 0 unspecified atom stereocenters. The fourth-order valence-corrected chi connectivity index (χ4v) is 5.99. The van der Waals surface area contributed by atoms with Crippen LogP contribution >= 0.6 is 11.3 Å². The molecule has 3 heterocycles. The van der Waals surface area contributed by atoms with Gasteiger partial charge in [0.1, 0.15) is 5.69 Å². The monoisotopic (exact) mass is 467 g/mol. The molecule has 1 saturated heterocycles. The minimum Gasteiger partial charge on any atom is -0.378 e. The van der Waals surface area contributed by atoms with Crippen LogP contribution in [0.25, 0.3) is 16.2 Å². The maximum Gasteiger partial charge on any atom is 0.216 e. The summed E-state index contributed by atoms with van der Waals surface area (Å²) in [5.74, 6) is 1.06. The number of anilines is 3. The van der Waals surface area contributed by atoms with E-state index < -0.39 is 0 Å². The van der Waals surface area contributed by atoms with Crippen molar-refractivity contribution in [3.05, 3.63) is 24.3 Å². The van der Waals surface area contributed by atoms with Gasteiger partial charge in [0.2, 0.25) is 10.1 Å². The lowest BCUT2D eigenvalue weighted by molar-refractivity contribution is 0.258. The molecule has 0 radical (unpaired) electrons. The Hall–Kier alpha value is -2.32. The number of hydrogen-bond acceptors (Lipinski definition) is 7. The lowest BCUT2D eigenvalue weighted by atomic mass is 9.95. The fraction of sp³-hybridized carbons (Fsp3) is 0.600. The van der Waals surface area contributed by atoms with Crippen LogP contribution in [0.2, 0.25) is 0 Å². The van der Waals surface area contributed by atoms with Gasteiger partial charge in [-0.05, 0) is 37.9 Å². The molecule has 1 N–H and O–H groups in total. The maximum absolute atomic E-state index is 5.09. The quantitative estimate of drug-likeness (QED) is 0.539. The topological polar surface area (TPSA) is 51.9 Å². The zero-order valence-corrected chi connectivity index (χ0v) is 21.1. The van der Waals surface area contributed by atoms with E-state index in [9.17, 15) is 0 Å². The highest BCUT2D eigenvalue weighted by atomic mass is 32.1. The lowest BCUT2D eigenvalue weighted by Gasteiger charge is -2.34. The average molecular weight is 468 g/mol. The Morgan fingerprint density at radius 1 is 1.03 bits per heavy atom. The Morgan fingerprint density at radius 2 is 1.76 bits per heavy atom. The van der Waals surface area contributed by atoms with Gasteiger partial charge < -0.3 is 15.1 Å². The second kappa shape index (κ2) is 9.89. The smallest absolute Gasteiger partial charge is 0.216 e. The van der Waals surface area contributed by atoms with Crippen molar-refractivity contribution in [3.63, 3.8) is 0 Å². The van der Waals surface area contributed by atoms with Gasteiger partial charge in [-0.3, -0.25) is 4.90 Å². The molecule has 33 heavy (non-hydrogen) atoms. The van der Waals surface area contributed by atoms with Gasteiger partial charge in [-0.1, -0.05) is 49.7 Å². The van der Waals surface area contributed by atoms with Crippen molar-refractivity contribution in [2.75, 3.05) is 61.9 Å². The van der Waals surface area contributed by atoms with Crippen molar-refractivity contribution < 1.29 is 0 Å². The van der Waals surface area contributed by atoms with Gasteiger partial charge in [0.15, 0.2) is 5.82 Å². The molecule has 7 nitrogen and oxygen atoms in total. The van der Waals surface area contributed by atoms with Gasteiger partial charge >= 0.3 is 0 Å². The Labute approximate surface area is 201 Å². The molecule has 1 aliphatic carbocycles. The largest absolute Gasteiger partial charge is 0.378 e. The van der Waals surface area contributed by atoms with E-state index in [4.69, 9.17) is 10.1 Å². The van der Waals surface area contributed by atoms with Gasteiger partial charge in [0.25, 0.3) is 0 Å². The van der Waals surface area contributed by atoms with E-state index in [0.29, 0.717) is 6.04 Å². The Morgan fingerprint density at radius 3 is 2.42 bits per heavy atom. The van der Waals surface area contributed by atoms with E-state index in [-0.39, 0.29) is 0 Å². The van der Waals surface area contributed by atoms with Crippen LogP contribution in [0.15, 0.2) is 24.3 Å². The predicted molar refractivity (Wildman–Crippen MR) is 140 cm³/mol. The summed E-state index contributed by atoms with van der Waals surface area (Å²) in [6.45, 7) is 7.77. The number of aromatic nitrogens is 3. The summed E-state index contributed by atoms with van der Waals surface area (Å²) in [6.07, 6.45) is 7.63. The van der Waals surface area contributed by atoms with Gasteiger partial charge in [-0.25, -0.2) is 4.98 Å². The third-order valence-electron chi connectivity index (χ3n) is 6.98. The van der Waals surface area contributed by atoms with Crippen LogP contribution in [0.5, 0.6) is 0 Å². The van der Waals surface area contributed by atoms with Crippen LogP contribution in [0, 0.1) is 0 Å². The standard InChI is InChI=1S/C25H37N7S/c1-4-14-30-15-17-31(18-16-30)25-28-32-23(26-20-8-6-5-7-9-20)22(27-24(32)33-25)19-10-12-21(13-11-19)29(2)3/h10-13,20,26H,4-9,14-18H2,1-3H3. The average Bonchev–Trinajstić information content (AvgIpc) is 3.40. The third kappa shape index (κ3) is 4.82. The maximum atomic E-state index is 5.09. The minimum absolute atomic E-state index is 0.501. The van der Waals surface area contributed by atoms with E-state index >= 15 is 0 Å². The Balaban J connectivity index is 1.45. The minimum atomic E-state index is 0.501. The summed E-state index contributed by atoms with van der Waals surface area (Å²) < 4.78 is 2.07. The SMILES string of the molecule is CCCN1CCN(c2nn3c(NC4CCCCC4)c(-c4ccc(N(C)C)cc4)nc3s2)CC1. The van der Waals surface area contributed by atoms with Crippen LogP contribution < -0.4 is 15.1 Å². The summed E-state index contributed by atoms with van der Waals surface area (Å²) in [5, 5.41) is 10.0. The number of nitrogens with one attached hydrogen (secondary N) is 1. The summed E-state index contributed by atoms with van der Waals surface area (Å²) in [7, 11) is 4.15. The summed E-state index contributed by atoms with van der Waals surface area (Å²) >= 11 is 1.72. The van der Waals surface area contributed by atoms with Gasteiger partial charge in [0, 0.05) is 57.6 Å². The molecule has 1 aromatic carbocycles. The van der Waals surface area contributed by atoms with Crippen LogP contribution in [0.1, 0.15) is 45.4 Å². The molecule has 2 fully saturated rings. The highest BCUT2D eigenvalue weighted by Gasteiger charge is 2.25. The second-order valence-corrected chi connectivity index (χ2v) is 10.6. The van der Waals surface area contributed by atoms with Crippen LogP contribution in [-0.2, 0) is 0 Å². The first-order valence-electron chi connectivity index (χ1n) is 12.5. The lowest BCUT2D eigenvalue weighted by Crippen LogP contribution is -2.46. The van der Waals surface area contributed by atoms with Crippen molar-refractivity contribution in [2.24, 2.45) is 0 Å². The van der Waals surface area contributed by atoms with E-state index in [2.05, 4.69) is 69.8 Å². The molecule has 3 aromatic rings. The molecular weight excluding hydrogens is 430 g/mol. The number of imidazole rings is 1. The first kappa shape index (κ1) is 22.5. The Bertz CT molecular complexity index is 1040. The molecule has 2 aromatic heterocycles. The van der Waals surface area contributed by atoms with Crippen molar-refractivity contribution in [1.29, 1.82) is 0 Å². The zero-order valence-electron chi connectivity index (χ0n) is 20.3. The van der Waals surface area contributed by atoms with Crippen LogP contribution in [-0.4, -0.2) is 72.4 Å². The highest BCUT2D eigenvalue weighted by Crippen LogP contribution is 2.35. The molecular formula is C25H37N7S. The summed E-state index contributed by atoms with van der Waals surface area (Å²) in [5.41, 5.74) is 3.36. The fourth-order valence-electron chi connectivity index (χ4n) is 5.03. The summed E-state index contributed by atoms with van der Waals surface area (Å²) in [4.78, 5) is 13.2. The normalized spacial score (nSPS) is 18.2. The molecule has 8 heteroatoms. The number of nitrogens with zero attached hydrogens (tertiary/aromatic N) is 6. The first-order valence-corrected chi connectivity index (χ1v) is 13.3. The van der Waals surface area contributed by atoms with Crippen molar-refractivity contribution in [3.8, 4) is 11.3 Å². The molecule has 0 amide bonds. The number of benzene rings is 1. The molecule has 0 atom stereocenters. The van der Waals surface area contributed by atoms with E-state index in [1.165, 1.54) is 50.8 Å². The van der Waals surface area contributed by atoms with Crippen molar-refractivity contribution >= 4 is 32.9 Å². The highest BCUT2D eigenvalue weighted by molar-refractivity contribution is 7.20. The molecule has 1 saturated carbocycles. The zero-order chi connectivity index (χ0) is 22.8. The number of piperazine rings is 1. The number of hydrogen-bond donors (Lipinski definition) is 1. The third-order valence-corrected chi connectivity index (χ3v) is 7.95. The predicted octanol–water partition coefficient (Wildman–Crippen LogP) is 4.80. The molecule has 178 valence electrons. The molecule has 2 aliphatic rings. The number of fused-ring (bicyclic) bond motifs is 1. The van der Waals surface area contributed by atoms with Crippen molar-refractivity contribution in [2.45, 2.75) is 51.5 Å². The van der Waals surface area contributed by atoms with E-state index in [1.54, 1.807) is 11.3 Å². The van der Waals surface area contributed by atoms with E-state index in [0.717, 1.165) is 53.3 Å². The molecule has 1 aliphatic heterocycles. The first-order chi connectivity index (χ1) is 16.1. The number of rotatable bonds is 7. The Kier molecular flexibility index (Phi) is 6.74. The van der Waals surface area contributed by atoms with Gasteiger partial charge in [0.05, 0.1) is 0 Å². The van der Waals surface area contributed by atoms with E-state index in [1.807, 2.05) is 0 Å².